The third kappa shape index (κ3) is 5.86. The molecule has 7 heavy (non-hydrogen) atoms. The van der Waals surface area contributed by atoms with Crippen molar-refractivity contribution >= 4 is 0 Å². The minimum atomic E-state index is -1.48. The van der Waals surface area contributed by atoms with Crippen LogP contribution in [-0.2, 0) is 0 Å². The molecule has 0 aliphatic carbocycles. The van der Waals surface area contributed by atoms with Crippen molar-refractivity contribution in [2.45, 2.75) is 19.3 Å². The summed E-state index contributed by atoms with van der Waals surface area (Å²) >= 11 is 0. The molecule has 0 aromatic heterocycles. The van der Waals surface area contributed by atoms with Crippen LogP contribution in [0.4, 0.5) is 8.78 Å². The third-order valence-electron chi connectivity index (χ3n) is 0.616. The average Bonchev–Trinajstić information content (AvgIpc) is 1.61. The van der Waals surface area contributed by atoms with Crippen LogP contribution in [0.15, 0.2) is 0 Å². The van der Waals surface area contributed by atoms with E-state index in [0.29, 0.717) is 12.8 Å². The molecule has 0 heterocycles. The van der Waals surface area contributed by atoms with Gasteiger partial charge in [-0.25, -0.2) is 0 Å². The van der Waals surface area contributed by atoms with Gasteiger partial charge in [-0.3, -0.25) is 0 Å². The number of hydrogen-bond donors (Lipinski definition) is 0. The maximum absolute atomic E-state index is 11.1. The fourth-order valence-corrected chi connectivity index (χ4v) is 0.259. The van der Waals surface area contributed by atoms with Crippen molar-refractivity contribution in [3.05, 3.63) is 13.3 Å². The van der Waals surface area contributed by atoms with Crippen LogP contribution >= 0.6 is 0 Å². The zero-order valence-electron chi connectivity index (χ0n) is 4.08. The molecule has 0 aliphatic heterocycles. The summed E-state index contributed by atoms with van der Waals surface area (Å²) in [5.41, 5.74) is 0. The monoisotopic (exact) mass is 106 g/mol. The SMILES string of the molecule is [CH2]CCC[C](F)F. The molecule has 0 aromatic carbocycles. The molecule has 42 valence electrons. The van der Waals surface area contributed by atoms with Crippen molar-refractivity contribution in [2.24, 2.45) is 0 Å². The highest BCUT2D eigenvalue weighted by atomic mass is 19.3. The van der Waals surface area contributed by atoms with Crippen molar-refractivity contribution in [3.8, 4) is 0 Å². The van der Waals surface area contributed by atoms with Gasteiger partial charge in [0.05, 0.1) is 0 Å². The van der Waals surface area contributed by atoms with Crippen LogP contribution in [-0.4, -0.2) is 0 Å². The second-order valence-corrected chi connectivity index (χ2v) is 1.30. The molecule has 0 bridgehead atoms. The summed E-state index contributed by atoms with van der Waals surface area (Å²) in [6.45, 7) is 3.41. The Kier molecular flexibility index (Phi) is 3.95. The smallest absolute Gasteiger partial charge is 0.200 e. The molecule has 0 amide bonds. The van der Waals surface area contributed by atoms with E-state index in [1.54, 1.807) is 0 Å². The lowest BCUT2D eigenvalue weighted by atomic mass is 10.3. The van der Waals surface area contributed by atoms with E-state index in [0.717, 1.165) is 0 Å². The zero-order chi connectivity index (χ0) is 5.70. The third-order valence-corrected chi connectivity index (χ3v) is 0.616. The molecule has 2 heteroatoms. The molecule has 0 aliphatic rings. The van der Waals surface area contributed by atoms with Crippen LogP contribution in [0.5, 0.6) is 0 Å². The summed E-state index contributed by atoms with van der Waals surface area (Å²) < 4.78 is 22.2. The predicted octanol–water partition coefficient (Wildman–Crippen LogP) is 2.42. The maximum atomic E-state index is 11.1. The molecule has 0 saturated carbocycles. The van der Waals surface area contributed by atoms with Crippen molar-refractivity contribution in [2.75, 3.05) is 0 Å². The molecule has 0 atom stereocenters. The van der Waals surface area contributed by atoms with E-state index in [4.69, 9.17) is 0 Å². The Balaban J connectivity index is 2.68. The quantitative estimate of drug-likeness (QED) is 0.518. The highest BCUT2D eigenvalue weighted by molar-refractivity contribution is 4.58. The first kappa shape index (κ1) is 6.86. The second kappa shape index (κ2) is 4.03. The van der Waals surface area contributed by atoms with Crippen LogP contribution in [0.25, 0.3) is 0 Å². The standard InChI is InChI=1S/C5H8F2/c1-2-3-4-5(6)7/h1-4H2. The Bertz CT molecular complexity index is 35.1. The molecule has 0 unspecified atom stereocenters. The molecule has 0 saturated heterocycles. The van der Waals surface area contributed by atoms with Gasteiger partial charge < -0.3 is 0 Å². The van der Waals surface area contributed by atoms with E-state index >= 15 is 0 Å². The number of hydrogen-bond acceptors (Lipinski definition) is 0. The van der Waals surface area contributed by atoms with Gasteiger partial charge in [-0.1, -0.05) is 13.3 Å². The molecule has 0 aromatic rings. The number of rotatable bonds is 3. The topological polar surface area (TPSA) is 0 Å². The van der Waals surface area contributed by atoms with E-state index in [9.17, 15) is 8.78 Å². The van der Waals surface area contributed by atoms with Crippen LogP contribution in [0.3, 0.4) is 0 Å². The Labute approximate surface area is 42.5 Å². The minimum absolute atomic E-state index is 0.0799. The summed E-state index contributed by atoms with van der Waals surface area (Å²) in [6.07, 6.45) is -0.466. The summed E-state index contributed by atoms with van der Waals surface area (Å²) in [5.74, 6) is 0. The average molecular weight is 106 g/mol. The van der Waals surface area contributed by atoms with Gasteiger partial charge in [-0.2, -0.15) is 8.78 Å². The van der Waals surface area contributed by atoms with Gasteiger partial charge in [-0.05, 0) is 6.42 Å². The van der Waals surface area contributed by atoms with Crippen LogP contribution in [0.1, 0.15) is 19.3 Å². The molecular formula is C5H8F2. The summed E-state index contributed by atoms with van der Waals surface area (Å²) in [7, 11) is 0. The molecule has 2 radical (unpaired) electrons. The summed E-state index contributed by atoms with van der Waals surface area (Å²) in [4.78, 5) is 0. The normalized spacial score (nSPS) is 10.3. The fraction of sp³-hybridized carbons (Fsp3) is 0.600. The first-order valence-electron chi connectivity index (χ1n) is 2.23. The summed E-state index contributed by atoms with van der Waals surface area (Å²) in [5, 5.41) is 0. The van der Waals surface area contributed by atoms with Crippen molar-refractivity contribution < 1.29 is 8.78 Å². The van der Waals surface area contributed by atoms with E-state index in [2.05, 4.69) is 6.92 Å². The van der Waals surface area contributed by atoms with Crippen LogP contribution in [0.2, 0.25) is 0 Å². The second-order valence-electron chi connectivity index (χ2n) is 1.30. The summed E-state index contributed by atoms with van der Waals surface area (Å²) in [6, 6.07) is 0. The zero-order valence-corrected chi connectivity index (χ0v) is 4.08. The van der Waals surface area contributed by atoms with Gasteiger partial charge in [0.1, 0.15) is 0 Å². The van der Waals surface area contributed by atoms with Crippen molar-refractivity contribution in [1.82, 2.24) is 0 Å². The lowest BCUT2D eigenvalue weighted by molar-refractivity contribution is 0.266. The Morgan fingerprint density at radius 3 is 2.14 bits per heavy atom. The number of halogens is 2. The largest absolute Gasteiger partial charge is 0.310 e. The fourth-order valence-electron chi connectivity index (χ4n) is 0.259. The molecule has 0 spiro atoms. The highest BCUT2D eigenvalue weighted by Crippen LogP contribution is 2.11. The van der Waals surface area contributed by atoms with Crippen LogP contribution < -0.4 is 0 Å². The van der Waals surface area contributed by atoms with Crippen molar-refractivity contribution in [3.63, 3.8) is 0 Å². The highest BCUT2D eigenvalue weighted by Gasteiger charge is 2.00. The first-order valence-corrected chi connectivity index (χ1v) is 2.23. The van der Waals surface area contributed by atoms with Gasteiger partial charge in [-0.15, -0.1) is 0 Å². The van der Waals surface area contributed by atoms with E-state index in [1.165, 1.54) is 0 Å². The maximum Gasteiger partial charge on any atom is 0.310 e. The van der Waals surface area contributed by atoms with E-state index < -0.39 is 6.43 Å². The van der Waals surface area contributed by atoms with Gasteiger partial charge in [0, 0.05) is 6.42 Å². The van der Waals surface area contributed by atoms with E-state index in [1.807, 2.05) is 0 Å². The minimum Gasteiger partial charge on any atom is -0.200 e. The Hall–Kier alpha value is -0.140. The van der Waals surface area contributed by atoms with Gasteiger partial charge in [0.25, 0.3) is 0 Å². The Morgan fingerprint density at radius 2 is 2.00 bits per heavy atom. The first-order chi connectivity index (χ1) is 3.27. The lowest BCUT2D eigenvalue weighted by Crippen LogP contribution is -1.77. The van der Waals surface area contributed by atoms with Crippen LogP contribution in [0, 0.1) is 13.3 Å². The molecule has 0 fully saturated rings. The van der Waals surface area contributed by atoms with Gasteiger partial charge in [0.15, 0.2) is 0 Å². The Morgan fingerprint density at radius 1 is 1.43 bits per heavy atom. The lowest BCUT2D eigenvalue weighted by Gasteiger charge is -1.89. The predicted molar refractivity (Wildman–Crippen MR) is 24.7 cm³/mol. The van der Waals surface area contributed by atoms with Gasteiger partial charge >= 0.3 is 6.43 Å². The molecular weight excluding hydrogens is 98.1 g/mol. The molecule has 0 nitrogen and oxygen atoms in total. The molecule has 0 rings (SSSR count). The molecule has 0 N–H and O–H groups in total. The van der Waals surface area contributed by atoms with Gasteiger partial charge in [0.2, 0.25) is 0 Å². The van der Waals surface area contributed by atoms with E-state index in [-0.39, 0.29) is 6.42 Å². The van der Waals surface area contributed by atoms with Crippen molar-refractivity contribution in [1.29, 1.82) is 0 Å². The number of unbranched alkanes of at least 4 members (excludes halogenated alkanes) is 1.